The van der Waals surface area contributed by atoms with E-state index >= 15 is 0 Å². The third-order valence-corrected chi connectivity index (χ3v) is 4.08. The normalized spacial score (nSPS) is 11.2. The molecule has 3 rings (SSSR count). The lowest BCUT2D eigenvalue weighted by molar-refractivity contribution is 0.0977. The number of hydrogen-bond donors (Lipinski definition) is 3. The minimum absolute atomic E-state index is 0.244. The molecule has 0 fully saturated rings. The average molecular weight is 404 g/mol. The fraction of sp³-hybridized carbons (Fsp3) is 0.182. The summed E-state index contributed by atoms with van der Waals surface area (Å²) in [4.78, 5) is 17.0. The summed E-state index contributed by atoms with van der Waals surface area (Å²) in [5.74, 6) is 0.269. The lowest BCUT2D eigenvalue weighted by Crippen LogP contribution is -2.36. The topological polar surface area (TPSA) is 106 Å². The SMILES string of the molecule is CC(C)CN=C(NC(=O)c1cccc(C#N)c1)Nc1cc(-c2ccc(F)cc2)[nH]n1. The number of guanidine groups is 1. The molecule has 152 valence electrons. The monoisotopic (exact) mass is 404 g/mol. The Morgan fingerprint density at radius 1 is 1.23 bits per heavy atom. The fourth-order valence-electron chi connectivity index (χ4n) is 2.58. The highest BCUT2D eigenvalue weighted by Crippen LogP contribution is 2.20. The fourth-order valence-corrected chi connectivity index (χ4v) is 2.58. The Morgan fingerprint density at radius 3 is 2.70 bits per heavy atom. The molecule has 30 heavy (non-hydrogen) atoms. The second kappa shape index (κ2) is 9.47. The zero-order chi connectivity index (χ0) is 21.5. The van der Waals surface area contributed by atoms with Crippen LogP contribution in [0.15, 0.2) is 59.6 Å². The van der Waals surface area contributed by atoms with Gasteiger partial charge in [-0.1, -0.05) is 19.9 Å². The van der Waals surface area contributed by atoms with E-state index in [1.54, 1.807) is 36.4 Å². The first-order valence-electron chi connectivity index (χ1n) is 9.39. The van der Waals surface area contributed by atoms with Gasteiger partial charge in [0, 0.05) is 18.2 Å². The third-order valence-electron chi connectivity index (χ3n) is 4.08. The highest BCUT2D eigenvalue weighted by Gasteiger charge is 2.12. The van der Waals surface area contributed by atoms with Crippen molar-refractivity contribution in [3.05, 3.63) is 71.5 Å². The molecule has 0 aliphatic heterocycles. The molecule has 0 bridgehead atoms. The van der Waals surface area contributed by atoms with E-state index in [0.29, 0.717) is 29.2 Å². The van der Waals surface area contributed by atoms with Crippen LogP contribution in [-0.4, -0.2) is 28.6 Å². The number of rotatable bonds is 5. The maximum Gasteiger partial charge on any atom is 0.258 e. The van der Waals surface area contributed by atoms with Crippen LogP contribution in [0, 0.1) is 23.1 Å². The second-order valence-corrected chi connectivity index (χ2v) is 7.03. The second-order valence-electron chi connectivity index (χ2n) is 7.03. The number of benzene rings is 2. The predicted octanol–water partition coefficient (Wildman–Crippen LogP) is 3.94. The summed E-state index contributed by atoms with van der Waals surface area (Å²) in [6, 6.07) is 16.2. The Morgan fingerprint density at radius 2 is 2.00 bits per heavy atom. The maximum absolute atomic E-state index is 13.1. The highest BCUT2D eigenvalue weighted by molar-refractivity contribution is 6.09. The Hall–Kier alpha value is -3.99. The van der Waals surface area contributed by atoms with Crippen molar-refractivity contribution in [1.29, 1.82) is 5.26 Å². The summed E-state index contributed by atoms with van der Waals surface area (Å²) >= 11 is 0. The zero-order valence-electron chi connectivity index (χ0n) is 16.6. The number of aromatic amines is 1. The first-order chi connectivity index (χ1) is 14.4. The molecule has 0 unspecified atom stereocenters. The van der Waals surface area contributed by atoms with Gasteiger partial charge in [0.15, 0.2) is 5.82 Å². The van der Waals surface area contributed by atoms with E-state index in [2.05, 4.69) is 25.8 Å². The van der Waals surface area contributed by atoms with Crippen LogP contribution in [0.3, 0.4) is 0 Å². The number of anilines is 1. The average Bonchev–Trinajstić information content (AvgIpc) is 3.21. The van der Waals surface area contributed by atoms with E-state index in [9.17, 15) is 9.18 Å². The van der Waals surface area contributed by atoms with Gasteiger partial charge in [-0.25, -0.2) is 4.39 Å². The van der Waals surface area contributed by atoms with Gasteiger partial charge < -0.3 is 5.32 Å². The zero-order valence-corrected chi connectivity index (χ0v) is 16.6. The van der Waals surface area contributed by atoms with Crippen molar-refractivity contribution >= 4 is 17.7 Å². The molecule has 3 aromatic rings. The number of nitriles is 1. The smallest absolute Gasteiger partial charge is 0.258 e. The number of aromatic nitrogens is 2. The number of H-pyrrole nitrogens is 1. The van der Waals surface area contributed by atoms with Gasteiger partial charge in [-0.3, -0.25) is 20.2 Å². The third kappa shape index (κ3) is 5.52. The molecule has 1 heterocycles. The number of hydrogen-bond acceptors (Lipinski definition) is 4. The molecule has 0 saturated heterocycles. The maximum atomic E-state index is 13.1. The summed E-state index contributed by atoms with van der Waals surface area (Å²) in [6.45, 7) is 4.52. The van der Waals surface area contributed by atoms with Crippen molar-refractivity contribution in [1.82, 2.24) is 15.5 Å². The lowest BCUT2D eigenvalue weighted by atomic mass is 10.1. The van der Waals surface area contributed by atoms with Crippen LogP contribution in [0.25, 0.3) is 11.3 Å². The van der Waals surface area contributed by atoms with Crippen molar-refractivity contribution in [3.8, 4) is 17.3 Å². The van der Waals surface area contributed by atoms with Gasteiger partial charge in [-0.15, -0.1) is 0 Å². The summed E-state index contributed by atoms with van der Waals surface area (Å²) < 4.78 is 13.1. The van der Waals surface area contributed by atoms with Crippen molar-refractivity contribution in [3.63, 3.8) is 0 Å². The van der Waals surface area contributed by atoms with Crippen molar-refractivity contribution < 1.29 is 9.18 Å². The van der Waals surface area contributed by atoms with Crippen molar-refractivity contribution in [2.75, 3.05) is 11.9 Å². The molecule has 0 radical (unpaired) electrons. The highest BCUT2D eigenvalue weighted by atomic mass is 19.1. The molecular formula is C22H21FN6O. The Kier molecular flexibility index (Phi) is 6.55. The largest absolute Gasteiger partial charge is 0.309 e. The van der Waals surface area contributed by atoms with Crippen molar-refractivity contribution in [2.24, 2.45) is 10.9 Å². The van der Waals surface area contributed by atoms with E-state index in [0.717, 1.165) is 5.56 Å². The minimum Gasteiger partial charge on any atom is -0.309 e. The molecule has 1 amide bonds. The standard InChI is InChI=1S/C22H21FN6O/c1-14(2)13-25-22(27-21(30)17-5-3-4-15(10-17)12-24)26-20-11-19(28-29-20)16-6-8-18(23)9-7-16/h3-11,14H,13H2,1-2H3,(H3,25,26,27,28,29,30). The van der Waals surface area contributed by atoms with Crippen molar-refractivity contribution in [2.45, 2.75) is 13.8 Å². The number of nitrogens with zero attached hydrogens (tertiary/aromatic N) is 3. The summed E-state index contributed by atoms with van der Waals surface area (Å²) in [5.41, 5.74) is 2.21. The van der Waals surface area contributed by atoms with Gasteiger partial charge in [-0.2, -0.15) is 10.4 Å². The van der Waals surface area contributed by atoms with E-state index in [-0.39, 0.29) is 17.7 Å². The molecule has 0 aliphatic rings. The van der Waals surface area contributed by atoms with Gasteiger partial charge in [0.05, 0.1) is 17.3 Å². The first kappa shape index (κ1) is 20.7. The van der Waals surface area contributed by atoms with Crippen LogP contribution >= 0.6 is 0 Å². The Bertz CT molecular complexity index is 1100. The van der Waals surface area contributed by atoms with Gasteiger partial charge in [0.25, 0.3) is 5.91 Å². The lowest BCUT2D eigenvalue weighted by Gasteiger charge is -2.11. The van der Waals surface area contributed by atoms with E-state index in [1.165, 1.54) is 18.2 Å². The summed E-state index contributed by atoms with van der Waals surface area (Å²) in [5, 5.41) is 21.8. The molecule has 1 aromatic heterocycles. The molecule has 0 atom stereocenters. The molecule has 3 N–H and O–H groups in total. The summed E-state index contributed by atoms with van der Waals surface area (Å²) in [6.07, 6.45) is 0. The van der Waals surface area contributed by atoms with Crippen LogP contribution in [-0.2, 0) is 0 Å². The van der Waals surface area contributed by atoms with E-state index in [4.69, 9.17) is 5.26 Å². The van der Waals surface area contributed by atoms with E-state index in [1.807, 2.05) is 19.9 Å². The number of carbonyl (C=O) groups is 1. The predicted molar refractivity (Wildman–Crippen MR) is 113 cm³/mol. The van der Waals surface area contributed by atoms with Gasteiger partial charge in [-0.05, 0) is 53.9 Å². The minimum atomic E-state index is -0.392. The van der Waals surface area contributed by atoms with E-state index < -0.39 is 5.91 Å². The number of halogens is 1. The van der Waals surface area contributed by atoms with Crippen LogP contribution in [0.2, 0.25) is 0 Å². The van der Waals surface area contributed by atoms with Crippen LogP contribution in [0.1, 0.15) is 29.8 Å². The van der Waals surface area contributed by atoms with Gasteiger partial charge >= 0.3 is 0 Å². The van der Waals surface area contributed by atoms with Gasteiger partial charge in [0.1, 0.15) is 5.82 Å². The molecular weight excluding hydrogens is 383 g/mol. The number of carbonyl (C=O) groups excluding carboxylic acids is 1. The first-order valence-corrected chi connectivity index (χ1v) is 9.39. The quantitative estimate of drug-likeness (QED) is 0.442. The van der Waals surface area contributed by atoms with Crippen LogP contribution < -0.4 is 10.6 Å². The molecule has 0 aliphatic carbocycles. The van der Waals surface area contributed by atoms with Crippen LogP contribution in [0.4, 0.5) is 10.2 Å². The molecule has 8 heteroatoms. The molecule has 2 aromatic carbocycles. The summed E-state index contributed by atoms with van der Waals surface area (Å²) in [7, 11) is 0. The molecule has 0 saturated carbocycles. The number of nitrogens with one attached hydrogen (secondary N) is 3. The van der Waals surface area contributed by atoms with Gasteiger partial charge in [0.2, 0.25) is 5.96 Å². The van der Waals surface area contributed by atoms with Crippen LogP contribution in [0.5, 0.6) is 0 Å². The Balaban J connectivity index is 1.77. The molecule has 7 nitrogen and oxygen atoms in total. The number of aliphatic imine (C=N–C) groups is 1. The molecule has 0 spiro atoms. The Labute approximate surface area is 173 Å². The number of amides is 1.